The van der Waals surface area contributed by atoms with Gasteiger partial charge >= 0.3 is 5.97 Å². The molecule has 2 heterocycles. The molecule has 7 nitrogen and oxygen atoms in total. The van der Waals surface area contributed by atoms with Gasteiger partial charge in [0.1, 0.15) is 37.4 Å². The molecule has 0 aliphatic carbocycles. The van der Waals surface area contributed by atoms with Crippen molar-refractivity contribution in [3.8, 4) is 28.4 Å². The summed E-state index contributed by atoms with van der Waals surface area (Å²) in [6, 6.07) is 16.1. The zero-order valence-electron chi connectivity index (χ0n) is 19.5. The van der Waals surface area contributed by atoms with Crippen molar-refractivity contribution in [2.75, 3.05) is 20.3 Å². The quantitative estimate of drug-likeness (QED) is 0.359. The van der Waals surface area contributed by atoms with E-state index in [-0.39, 0.29) is 11.4 Å². The molecular weight excluding hydrogens is 448 g/mol. The van der Waals surface area contributed by atoms with Gasteiger partial charge in [0, 0.05) is 6.07 Å². The van der Waals surface area contributed by atoms with Crippen LogP contribution in [-0.4, -0.2) is 26.3 Å². The second-order valence-corrected chi connectivity index (χ2v) is 8.12. The molecule has 0 amide bonds. The Bertz CT molecular complexity index is 1450. The van der Waals surface area contributed by atoms with Crippen LogP contribution < -0.4 is 19.6 Å². The summed E-state index contributed by atoms with van der Waals surface area (Å²) in [6.45, 7) is 3.29. The zero-order chi connectivity index (χ0) is 24.4. The van der Waals surface area contributed by atoms with Crippen LogP contribution in [0.3, 0.4) is 0 Å². The van der Waals surface area contributed by atoms with Crippen molar-refractivity contribution in [3.63, 3.8) is 0 Å². The molecule has 0 unspecified atom stereocenters. The summed E-state index contributed by atoms with van der Waals surface area (Å²) in [5.41, 5.74) is 3.76. The van der Waals surface area contributed by atoms with E-state index < -0.39 is 0 Å². The predicted molar refractivity (Wildman–Crippen MR) is 130 cm³/mol. The summed E-state index contributed by atoms with van der Waals surface area (Å²) in [5.74, 6) is 1.55. The monoisotopic (exact) mass is 472 g/mol. The molecule has 178 valence electrons. The molecule has 4 aromatic rings. The molecule has 0 saturated carbocycles. The number of aryl methyl sites for hydroxylation is 1. The maximum absolute atomic E-state index is 13.4. The van der Waals surface area contributed by atoms with Crippen LogP contribution in [-0.2, 0) is 17.8 Å². The molecule has 0 atom stereocenters. The number of carbonyl (C=O) groups is 1. The Hall–Kier alpha value is -4.26. The summed E-state index contributed by atoms with van der Waals surface area (Å²) >= 11 is 0. The van der Waals surface area contributed by atoms with Crippen LogP contribution in [0.25, 0.3) is 22.1 Å². The molecule has 7 heteroatoms. The summed E-state index contributed by atoms with van der Waals surface area (Å²) in [7, 11) is 1.35. The third kappa shape index (κ3) is 4.45. The molecule has 3 aromatic carbocycles. The average molecular weight is 472 g/mol. The minimum absolute atomic E-state index is 0.123. The lowest BCUT2D eigenvalue weighted by atomic mass is 10.0. The molecule has 0 saturated heterocycles. The first-order chi connectivity index (χ1) is 17.1. The Morgan fingerprint density at radius 2 is 1.74 bits per heavy atom. The molecule has 35 heavy (non-hydrogen) atoms. The van der Waals surface area contributed by atoms with Gasteiger partial charge in [-0.25, -0.2) is 4.79 Å². The van der Waals surface area contributed by atoms with Crippen LogP contribution in [0.2, 0.25) is 0 Å². The van der Waals surface area contributed by atoms with E-state index in [1.165, 1.54) is 13.4 Å². The highest BCUT2D eigenvalue weighted by Gasteiger charge is 2.17. The van der Waals surface area contributed by atoms with Crippen molar-refractivity contribution in [1.82, 2.24) is 0 Å². The smallest absolute Gasteiger partial charge is 0.337 e. The van der Waals surface area contributed by atoms with E-state index in [1.807, 2.05) is 31.2 Å². The number of carbonyl (C=O) groups excluding carboxylic acids is 1. The van der Waals surface area contributed by atoms with E-state index in [0.29, 0.717) is 71.1 Å². The van der Waals surface area contributed by atoms with Gasteiger partial charge in [-0.05, 0) is 53.4 Å². The fraction of sp³-hybridized carbons (Fsp3) is 0.214. The lowest BCUT2D eigenvalue weighted by Crippen LogP contribution is -2.15. The normalized spacial score (nSPS) is 12.4. The highest BCUT2D eigenvalue weighted by atomic mass is 16.6. The Labute approximate surface area is 201 Å². The first kappa shape index (κ1) is 22.5. The second kappa shape index (κ2) is 9.54. The van der Waals surface area contributed by atoms with E-state index in [0.717, 1.165) is 11.1 Å². The van der Waals surface area contributed by atoms with Gasteiger partial charge in [-0.3, -0.25) is 4.79 Å². The highest BCUT2D eigenvalue weighted by molar-refractivity contribution is 5.89. The fourth-order valence-electron chi connectivity index (χ4n) is 4.04. The standard InChI is InChI=1S/C28H24O7/c1-3-18-12-21-25(14-24(18)34-15-17-4-6-19(7-5-17)28(30)31-2)35-16-22(27(21)29)20-8-9-23-26(13-20)33-11-10-32-23/h4-9,12-14,16H,3,10-11,15H2,1-2H3. The molecule has 1 aromatic heterocycles. The fourth-order valence-corrected chi connectivity index (χ4v) is 4.04. The van der Waals surface area contributed by atoms with Crippen LogP contribution >= 0.6 is 0 Å². The summed E-state index contributed by atoms with van der Waals surface area (Å²) in [5, 5.41) is 0.490. The van der Waals surface area contributed by atoms with Crippen LogP contribution in [0.1, 0.15) is 28.4 Å². The molecule has 0 radical (unpaired) electrons. The number of hydrogen-bond acceptors (Lipinski definition) is 7. The van der Waals surface area contributed by atoms with Gasteiger partial charge in [-0.2, -0.15) is 0 Å². The number of fused-ring (bicyclic) bond motifs is 2. The summed E-state index contributed by atoms with van der Waals surface area (Å²) in [4.78, 5) is 25.0. The van der Waals surface area contributed by atoms with Crippen molar-refractivity contribution < 1.29 is 28.2 Å². The van der Waals surface area contributed by atoms with Gasteiger partial charge in [0.2, 0.25) is 5.43 Å². The van der Waals surface area contributed by atoms with E-state index in [2.05, 4.69) is 0 Å². The van der Waals surface area contributed by atoms with E-state index in [4.69, 9.17) is 23.4 Å². The van der Waals surface area contributed by atoms with Crippen LogP contribution in [0.5, 0.6) is 17.2 Å². The van der Waals surface area contributed by atoms with Gasteiger partial charge in [-0.1, -0.05) is 25.1 Å². The molecule has 0 N–H and O–H groups in total. The maximum atomic E-state index is 13.4. The average Bonchev–Trinajstić information content (AvgIpc) is 2.91. The number of hydrogen-bond donors (Lipinski definition) is 0. The van der Waals surface area contributed by atoms with Crippen molar-refractivity contribution in [3.05, 3.63) is 87.8 Å². The Kier molecular flexibility index (Phi) is 6.14. The van der Waals surface area contributed by atoms with Crippen molar-refractivity contribution >= 4 is 16.9 Å². The zero-order valence-corrected chi connectivity index (χ0v) is 19.5. The van der Waals surface area contributed by atoms with Crippen molar-refractivity contribution in [2.45, 2.75) is 20.0 Å². The second-order valence-electron chi connectivity index (χ2n) is 8.12. The van der Waals surface area contributed by atoms with Crippen molar-refractivity contribution in [2.24, 2.45) is 0 Å². The van der Waals surface area contributed by atoms with Gasteiger partial charge in [0.25, 0.3) is 0 Å². The number of esters is 1. The molecule has 0 fully saturated rings. The molecule has 1 aliphatic heterocycles. The Morgan fingerprint density at radius 1 is 0.971 bits per heavy atom. The minimum atomic E-state index is -0.383. The maximum Gasteiger partial charge on any atom is 0.337 e. The Morgan fingerprint density at radius 3 is 2.49 bits per heavy atom. The molecule has 0 bridgehead atoms. The number of rotatable bonds is 6. The van der Waals surface area contributed by atoms with Gasteiger partial charge < -0.3 is 23.4 Å². The first-order valence-electron chi connectivity index (χ1n) is 11.4. The highest BCUT2D eigenvalue weighted by Crippen LogP contribution is 2.34. The molecule has 5 rings (SSSR count). The van der Waals surface area contributed by atoms with Gasteiger partial charge in [0.05, 0.1) is 23.6 Å². The topological polar surface area (TPSA) is 84.2 Å². The van der Waals surface area contributed by atoms with Crippen LogP contribution in [0.4, 0.5) is 0 Å². The largest absolute Gasteiger partial charge is 0.488 e. The number of methoxy groups -OCH3 is 1. The summed E-state index contributed by atoms with van der Waals surface area (Å²) < 4.78 is 27.9. The third-order valence-electron chi connectivity index (χ3n) is 5.96. The SMILES string of the molecule is CCc1cc2c(=O)c(-c3ccc4c(c3)OCCO4)coc2cc1OCc1ccc(C(=O)OC)cc1. The summed E-state index contributed by atoms with van der Waals surface area (Å²) in [6.07, 6.45) is 2.15. The van der Waals surface area contributed by atoms with Crippen LogP contribution in [0.15, 0.2) is 70.1 Å². The van der Waals surface area contributed by atoms with Crippen molar-refractivity contribution in [1.29, 1.82) is 0 Å². The van der Waals surface area contributed by atoms with Gasteiger partial charge in [0.15, 0.2) is 11.5 Å². The number of ether oxygens (including phenoxy) is 4. The molecule has 0 spiro atoms. The molecule has 1 aliphatic rings. The van der Waals surface area contributed by atoms with E-state index in [9.17, 15) is 9.59 Å². The minimum Gasteiger partial charge on any atom is -0.488 e. The lowest BCUT2D eigenvalue weighted by Gasteiger charge is -2.18. The number of benzene rings is 3. The lowest BCUT2D eigenvalue weighted by molar-refractivity contribution is 0.0600. The van der Waals surface area contributed by atoms with E-state index >= 15 is 0 Å². The first-order valence-corrected chi connectivity index (χ1v) is 11.4. The third-order valence-corrected chi connectivity index (χ3v) is 5.96. The van der Waals surface area contributed by atoms with E-state index in [1.54, 1.807) is 30.3 Å². The van der Waals surface area contributed by atoms with Gasteiger partial charge in [-0.15, -0.1) is 0 Å². The predicted octanol–water partition coefficient (Wildman–Crippen LogP) is 5.16. The Balaban J connectivity index is 1.43. The molecular formula is C28H24O7. The van der Waals surface area contributed by atoms with Crippen LogP contribution in [0, 0.1) is 0 Å².